The lowest BCUT2D eigenvalue weighted by Gasteiger charge is -2.25. The van der Waals surface area contributed by atoms with E-state index in [1.807, 2.05) is 12.1 Å². The van der Waals surface area contributed by atoms with Gasteiger partial charge in [-0.25, -0.2) is 8.42 Å². The maximum absolute atomic E-state index is 11.7. The number of halogens is 1. The maximum atomic E-state index is 11.7. The van der Waals surface area contributed by atoms with E-state index in [0.717, 1.165) is 17.6 Å². The van der Waals surface area contributed by atoms with Gasteiger partial charge in [-0.05, 0) is 37.1 Å². The third kappa shape index (κ3) is 2.72. The molecule has 0 aromatic heterocycles. The summed E-state index contributed by atoms with van der Waals surface area (Å²) in [5.74, 6) is 0.153. The first-order valence-corrected chi connectivity index (χ1v) is 9.01. The maximum Gasteiger partial charge on any atom is 0.178 e. The van der Waals surface area contributed by atoms with Crippen molar-refractivity contribution in [3.8, 4) is 0 Å². The molecule has 0 aliphatic carbocycles. The molecule has 18 heavy (non-hydrogen) atoms. The summed E-state index contributed by atoms with van der Waals surface area (Å²) in [5, 5.41) is 0.960. The largest absolute Gasteiger partial charge is 0.368 e. The molecule has 5 heteroatoms. The van der Waals surface area contributed by atoms with Crippen LogP contribution in [0.25, 0.3) is 0 Å². The normalized spacial score (nSPS) is 20.3. The van der Waals surface area contributed by atoms with Gasteiger partial charge in [0.1, 0.15) is 0 Å². The lowest BCUT2D eigenvalue weighted by atomic mass is 10.2. The molecule has 1 aromatic carbocycles. The van der Waals surface area contributed by atoms with Gasteiger partial charge in [-0.3, -0.25) is 0 Å². The molecule has 1 heterocycles. The summed E-state index contributed by atoms with van der Waals surface area (Å²) in [7, 11) is -3.09. The fourth-order valence-corrected chi connectivity index (χ4v) is 3.91. The van der Waals surface area contributed by atoms with Crippen LogP contribution in [0, 0.1) is 0 Å². The first-order chi connectivity index (χ1) is 8.58. The highest BCUT2D eigenvalue weighted by Crippen LogP contribution is 2.27. The second-order valence-electron chi connectivity index (χ2n) is 4.54. The van der Waals surface area contributed by atoms with Gasteiger partial charge in [0.05, 0.1) is 10.6 Å². The summed E-state index contributed by atoms with van der Waals surface area (Å²) < 4.78 is 23.5. The van der Waals surface area contributed by atoms with Crippen LogP contribution in [0.5, 0.6) is 0 Å². The first-order valence-electron chi connectivity index (χ1n) is 6.24. The fourth-order valence-electron chi connectivity index (χ4n) is 2.35. The summed E-state index contributed by atoms with van der Waals surface area (Å²) in [6.07, 6.45) is 2.39. The SMILES string of the molecule is CCS(=O)(=O)c1ccc(N2CCCC2CBr)cc1. The van der Waals surface area contributed by atoms with Crippen LogP contribution in [0.15, 0.2) is 29.2 Å². The second kappa shape index (κ2) is 5.61. The molecule has 100 valence electrons. The fraction of sp³-hybridized carbons (Fsp3) is 0.538. The van der Waals surface area contributed by atoms with Crippen LogP contribution in [0.1, 0.15) is 19.8 Å². The van der Waals surface area contributed by atoms with Crippen molar-refractivity contribution in [1.82, 2.24) is 0 Å². The molecule has 1 aliphatic heterocycles. The summed E-state index contributed by atoms with van der Waals surface area (Å²) >= 11 is 3.53. The van der Waals surface area contributed by atoms with E-state index in [1.54, 1.807) is 19.1 Å². The van der Waals surface area contributed by atoms with Crippen molar-refractivity contribution < 1.29 is 8.42 Å². The zero-order valence-corrected chi connectivity index (χ0v) is 12.9. The van der Waals surface area contributed by atoms with Crippen molar-refractivity contribution >= 4 is 31.5 Å². The van der Waals surface area contributed by atoms with Crippen molar-refractivity contribution in [3.05, 3.63) is 24.3 Å². The van der Waals surface area contributed by atoms with Gasteiger partial charge in [0.15, 0.2) is 9.84 Å². The molecule has 0 bridgehead atoms. The minimum atomic E-state index is -3.09. The summed E-state index contributed by atoms with van der Waals surface area (Å²) in [4.78, 5) is 2.76. The zero-order chi connectivity index (χ0) is 13.2. The van der Waals surface area contributed by atoms with Crippen molar-refractivity contribution in [1.29, 1.82) is 0 Å². The number of alkyl halides is 1. The lowest BCUT2D eigenvalue weighted by Crippen LogP contribution is -2.30. The Morgan fingerprint density at radius 3 is 2.56 bits per heavy atom. The van der Waals surface area contributed by atoms with E-state index < -0.39 is 9.84 Å². The molecule has 1 atom stereocenters. The highest BCUT2D eigenvalue weighted by Gasteiger charge is 2.23. The molecule has 1 fully saturated rings. The van der Waals surface area contributed by atoms with Gasteiger partial charge >= 0.3 is 0 Å². The highest BCUT2D eigenvalue weighted by atomic mass is 79.9. The van der Waals surface area contributed by atoms with E-state index in [4.69, 9.17) is 0 Å². The Hall–Kier alpha value is -0.550. The quantitative estimate of drug-likeness (QED) is 0.796. The van der Waals surface area contributed by atoms with Crippen LogP contribution in [0.3, 0.4) is 0 Å². The molecule has 0 spiro atoms. The van der Waals surface area contributed by atoms with Gasteiger partial charge in [-0.2, -0.15) is 0 Å². The molecule has 0 saturated carbocycles. The van der Waals surface area contributed by atoms with Crippen LogP contribution < -0.4 is 4.90 Å². The van der Waals surface area contributed by atoms with E-state index in [-0.39, 0.29) is 5.75 Å². The van der Waals surface area contributed by atoms with Crippen LogP contribution in [0.2, 0.25) is 0 Å². The van der Waals surface area contributed by atoms with Gasteiger partial charge in [0.25, 0.3) is 0 Å². The zero-order valence-electron chi connectivity index (χ0n) is 10.5. The van der Waals surface area contributed by atoms with Gasteiger partial charge in [0.2, 0.25) is 0 Å². The monoisotopic (exact) mass is 331 g/mol. The van der Waals surface area contributed by atoms with Crippen LogP contribution in [0.4, 0.5) is 5.69 Å². The minimum absolute atomic E-state index is 0.153. The molecule has 1 aromatic rings. The Kier molecular flexibility index (Phi) is 4.33. The van der Waals surface area contributed by atoms with Crippen LogP contribution >= 0.6 is 15.9 Å². The standard InChI is InChI=1S/C13H18BrNO2S/c1-2-18(16,17)13-7-5-11(6-8-13)15-9-3-4-12(15)10-14/h5-8,12H,2-4,9-10H2,1H3. The van der Waals surface area contributed by atoms with E-state index in [9.17, 15) is 8.42 Å². The van der Waals surface area contributed by atoms with Crippen LogP contribution in [-0.2, 0) is 9.84 Å². The number of sulfone groups is 1. The number of hydrogen-bond acceptors (Lipinski definition) is 3. The molecular weight excluding hydrogens is 314 g/mol. The minimum Gasteiger partial charge on any atom is -0.368 e. The van der Waals surface area contributed by atoms with Gasteiger partial charge in [0, 0.05) is 23.6 Å². The van der Waals surface area contributed by atoms with E-state index in [2.05, 4.69) is 20.8 Å². The molecule has 0 radical (unpaired) electrons. The Morgan fingerprint density at radius 1 is 1.33 bits per heavy atom. The average Bonchev–Trinajstić information content (AvgIpc) is 2.87. The second-order valence-corrected chi connectivity index (χ2v) is 7.47. The topological polar surface area (TPSA) is 37.4 Å². The summed E-state index contributed by atoms with van der Waals surface area (Å²) in [6.45, 7) is 2.72. The molecule has 1 unspecified atom stereocenters. The number of rotatable bonds is 4. The molecule has 2 rings (SSSR count). The molecule has 3 nitrogen and oxygen atoms in total. The first kappa shape index (κ1) is 13.9. The summed E-state index contributed by atoms with van der Waals surface area (Å²) in [6, 6.07) is 7.81. The number of hydrogen-bond donors (Lipinski definition) is 0. The molecule has 0 N–H and O–H groups in total. The van der Waals surface area contributed by atoms with Crippen molar-refractivity contribution in [2.75, 3.05) is 22.5 Å². The number of anilines is 1. The lowest BCUT2D eigenvalue weighted by molar-refractivity contribution is 0.597. The average molecular weight is 332 g/mol. The van der Waals surface area contributed by atoms with Gasteiger partial charge < -0.3 is 4.90 Å². The smallest absolute Gasteiger partial charge is 0.178 e. The highest BCUT2D eigenvalue weighted by molar-refractivity contribution is 9.09. The van der Waals surface area contributed by atoms with E-state index in [0.29, 0.717) is 10.9 Å². The molecule has 1 saturated heterocycles. The number of nitrogens with zero attached hydrogens (tertiary/aromatic N) is 1. The third-order valence-corrected chi connectivity index (χ3v) is 5.96. The van der Waals surface area contributed by atoms with Crippen molar-refractivity contribution in [2.45, 2.75) is 30.7 Å². The van der Waals surface area contributed by atoms with Crippen molar-refractivity contribution in [3.63, 3.8) is 0 Å². The molecular formula is C13H18BrNO2S. The van der Waals surface area contributed by atoms with Crippen LogP contribution in [-0.4, -0.2) is 32.1 Å². The van der Waals surface area contributed by atoms with E-state index in [1.165, 1.54) is 12.8 Å². The Bertz CT molecular complexity index is 498. The van der Waals surface area contributed by atoms with Gasteiger partial charge in [-0.15, -0.1) is 0 Å². The predicted octanol–water partition coefficient (Wildman–Crippen LogP) is 2.84. The molecule has 0 amide bonds. The van der Waals surface area contributed by atoms with Gasteiger partial charge in [-0.1, -0.05) is 22.9 Å². The summed E-state index contributed by atoms with van der Waals surface area (Å²) in [5.41, 5.74) is 1.12. The predicted molar refractivity (Wildman–Crippen MR) is 78.3 cm³/mol. The Morgan fingerprint density at radius 2 is 2.00 bits per heavy atom. The number of benzene rings is 1. The van der Waals surface area contributed by atoms with Crippen molar-refractivity contribution in [2.24, 2.45) is 0 Å². The Labute approximate surface area is 117 Å². The third-order valence-electron chi connectivity index (χ3n) is 3.46. The van der Waals surface area contributed by atoms with E-state index >= 15 is 0 Å². The molecule has 1 aliphatic rings. The Balaban J connectivity index is 2.23.